The third-order valence-corrected chi connectivity index (χ3v) is 6.96. The zero-order valence-electron chi connectivity index (χ0n) is 19.3. The van der Waals surface area contributed by atoms with Gasteiger partial charge in [-0.25, -0.2) is 15.0 Å². The van der Waals surface area contributed by atoms with Gasteiger partial charge in [0.2, 0.25) is 0 Å². The van der Waals surface area contributed by atoms with Crippen molar-refractivity contribution in [1.29, 1.82) is 0 Å². The van der Waals surface area contributed by atoms with Crippen LogP contribution < -0.4 is 15.5 Å². The van der Waals surface area contributed by atoms with E-state index in [0.29, 0.717) is 0 Å². The van der Waals surface area contributed by atoms with E-state index >= 15 is 0 Å². The van der Waals surface area contributed by atoms with E-state index in [1.54, 1.807) is 12.4 Å². The molecule has 35 heavy (non-hydrogen) atoms. The number of fused-ring (bicyclic) bond motifs is 2. The van der Waals surface area contributed by atoms with Crippen molar-refractivity contribution >= 4 is 33.6 Å². The molecule has 2 aliphatic rings. The fourth-order valence-electron chi connectivity index (χ4n) is 5.08. The molecule has 7 rings (SSSR count). The van der Waals surface area contributed by atoms with Gasteiger partial charge < -0.3 is 20.5 Å². The molecule has 0 radical (unpaired) electrons. The lowest BCUT2D eigenvalue weighted by Crippen LogP contribution is -2.56. The molecule has 5 aromatic heterocycles. The number of nitrogens with zero attached hydrogens (tertiary/aromatic N) is 7. The van der Waals surface area contributed by atoms with Crippen LogP contribution >= 0.6 is 0 Å². The highest BCUT2D eigenvalue weighted by Gasteiger charge is 2.25. The fourth-order valence-corrected chi connectivity index (χ4v) is 5.08. The first-order valence-corrected chi connectivity index (χ1v) is 12.1. The van der Waals surface area contributed by atoms with Crippen molar-refractivity contribution in [3.63, 3.8) is 0 Å². The number of rotatable bonds is 4. The van der Waals surface area contributed by atoms with E-state index in [-0.39, 0.29) is 6.04 Å². The quantitative estimate of drug-likeness (QED) is 0.369. The number of hydrogen-bond acceptors (Lipinski definition) is 8. The summed E-state index contributed by atoms with van der Waals surface area (Å²) in [5, 5.41) is 8.84. The Kier molecular flexibility index (Phi) is 4.66. The van der Waals surface area contributed by atoms with Crippen LogP contribution in [0.25, 0.3) is 44.7 Å². The van der Waals surface area contributed by atoms with Crippen molar-refractivity contribution in [3.05, 3.63) is 42.9 Å². The number of aromatic nitrogens is 7. The Balaban J connectivity index is 1.28. The lowest BCUT2D eigenvalue weighted by molar-refractivity contribution is 0.514. The average molecular weight is 467 g/mol. The molecule has 0 amide bonds. The third kappa shape index (κ3) is 3.48. The summed E-state index contributed by atoms with van der Waals surface area (Å²) < 4.78 is 0. The minimum absolute atomic E-state index is 0.199. The van der Waals surface area contributed by atoms with Crippen LogP contribution in [0.15, 0.2) is 42.9 Å². The second kappa shape index (κ2) is 8.02. The van der Waals surface area contributed by atoms with Crippen LogP contribution in [0.4, 0.5) is 11.6 Å². The Labute approximate surface area is 201 Å². The maximum Gasteiger partial charge on any atom is 0.147 e. The second-order valence-electron chi connectivity index (χ2n) is 9.42. The van der Waals surface area contributed by atoms with E-state index in [1.165, 1.54) is 19.3 Å². The van der Waals surface area contributed by atoms with Gasteiger partial charge in [0.05, 0.1) is 34.8 Å². The van der Waals surface area contributed by atoms with E-state index < -0.39 is 0 Å². The Morgan fingerprint density at radius 3 is 2.66 bits per heavy atom. The number of aromatic amines is 2. The molecule has 176 valence electrons. The van der Waals surface area contributed by atoms with Crippen LogP contribution in [0.2, 0.25) is 0 Å². The standard InChI is InChI=1S/C25H26N10/c26-15-13-35(14-15)22-12-27-11-21(30-22)18-4-5-19-23(31-18)24(33-32-19)20-10-16-17(29-20)6-7-28-25(16)34-8-2-1-3-9-34/h4-7,10-12,15,29H,1-3,8-9,13-14,26H2,(H,32,33). The van der Waals surface area contributed by atoms with Gasteiger partial charge in [-0.3, -0.25) is 10.1 Å². The molecule has 0 saturated carbocycles. The minimum atomic E-state index is 0.199. The second-order valence-corrected chi connectivity index (χ2v) is 9.42. The number of piperidine rings is 1. The Bertz CT molecular complexity index is 1520. The normalized spacial score (nSPS) is 16.8. The van der Waals surface area contributed by atoms with E-state index in [1.807, 2.05) is 24.4 Å². The van der Waals surface area contributed by atoms with Crippen molar-refractivity contribution in [2.24, 2.45) is 5.73 Å². The average Bonchev–Trinajstić information content (AvgIpc) is 3.51. The number of anilines is 2. The molecule has 0 atom stereocenters. The van der Waals surface area contributed by atoms with Crippen molar-refractivity contribution in [2.75, 3.05) is 36.0 Å². The first-order valence-electron chi connectivity index (χ1n) is 12.1. The molecule has 10 heteroatoms. The zero-order chi connectivity index (χ0) is 23.4. The Hall–Kier alpha value is -4.05. The van der Waals surface area contributed by atoms with Crippen molar-refractivity contribution in [3.8, 4) is 22.8 Å². The predicted molar refractivity (Wildman–Crippen MR) is 136 cm³/mol. The molecule has 2 saturated heterocycles. The lowest BCUT2D eigenvalue weighted by Gasteiger charge is -2.37. The van der Waals surface area contributed by atoms with Crippen LogP contribution in [0.3, 0.4) is 0 Å². The highest BCUT2D eigenvalue weighted by atomic mass is 15.3. The van der Waals surface area contributed by atoms with Crippen molar-refractivity contribution < 1.29 is 0 Å². The molecule has 7 heterocycles. The van der Waals surface area contributed by atoms with Crippen LogP contribution in [0.1, 0.15) is 19.3 Å². The van der Waals surface area contributed by atoms with Crippen LogP contribution in [-0.2, 0) is 0 Å². The number of hydrogen-bond donors (Lipinski definition) is 3. The van der Waals surface area contributed by atoms with Crippen molar-refractivity contribution in [2.45, 2.75) is 25.3 Å². The monoisotopic (exact) mass is 466 g/mol. The largest absolute Gasteiger partial charge is 0.356 e. The highest BCUT2D eigenvalue weighted by molar-refractivity contribution is 5.98. The molecule has 0 spiro atoms. The van der Waals surface area contributed by atoms with Gasteiger partial charge in [0.1, 0.15) is 28.5 Å². The summed E-state index contributed by atoms with van der Waals surface area (Å²) in [4.78, 5) is 26.9. The number of pyridine rings is 2. The molecule has 4 N–H and O–H groups in total. The molecule has 5 aromatic rings. The SMILES string of the molecule is NC1CN(c2cncc(-c3ccc4[nH]nc(-c5cc6c(N7CCCCC7)nccc6[nH]5)c4n3)n2)C1. The fraction of sp³-hybridized carbons (Fsp3) is 0.320. The minimum Gasteiger partial charge on any atom is -0.356 e. The van der Waals surface area contributed by atoms with Crippen LogP contribution in [0, 0.1) is 0 Å². The smallest absolute Gasteiger partial charge is 0.147 e. The van der Waals surface area contributed by atoms with Gasteiger partial charge in [-0.1, -0.05) is 0 Å². The Morgan fingerprint density at radius 2 is 1.80 bits per heavy atom. The lowest BCUT2D eigenvalue weighted by atomic mass is 10.1. The van der Waals surface area contributed by atoms with Gasteiger partial charge >= 0.3 is 0 Å². The maximum atomic E-state index is 5.94. The molecule has 10 nitrogen and oxygen atoms in total. The molecular formula is C25H26N10. The predicted octanol–water partition coefficient (Wildman–Crippen LogP) is 3.10. The number of H-pyrrole nitrogens is 2. The zero-order valence-corrected chi connectivity index (χ0v) is 19.3. The van der Waals surface area contributed by atoms with Crippen molar-refractivity contribution in [1.82, 2.24) is 35.1 Å². The van der Waals surface area contributed by atoms with E-state index in [9.17, 15) is 0 Å². The summed E-state index contributed by atoms with van der Waals surface area (Å²) in [5.41, 5.74) is 11.8. The summed E-state index contributed by atoms with van der Waals surface area (Å²) in [5.74, 6) is 1.86. The first-order chi connectivity index (χ1) is 17.2. The molecule has 0 unspecified atom stereocenters. The number of nitrogens with two attached hydrogens (primary N) is 1. The summed E-state index contributed by atoms with van der Waals surface area (Å²) in [6.45, 7) is 3.69. The van der Waals surface area contributed by atoms with Gasteiger partial charge in [0.25, 0.3) is 0 Å². The van der Waals surface area contributed by atoms with E-state index in [2.05, 4.69) is 36.0 Å². The summed E-state index contributed by atoms with van der Waals surface area (Å²) in [6, 6.07) is 8.30. The van der Waals surface area contributed by atoms with Crippen LogP contribution in [0.5, 0.6) is 0 Å². The summed E-state index contributed by atoms with van der Waals surface area (Å²) >= 11 is 0. The van der Waals surface area contributed by atoms with E-state index in [4.69, 9.17) is 20.7 Å². The van der Waals surface area contributed by atoms with Gasteiger partial charge in [-0.05, 0) is 43.5 Å². The van der Waals surface area contributed by atoms with Gasteiger partial charge in [-0.15, -0.1) is 0 Å². The van der Waals surface area contributed by atoms with Gasteiger partial charge in [-0.2, -0.15) is 5.10 Å². The molecule has 0 aromatic carbocycles. The maximum absolute atomic E-state index is 5.94. The molecule has 0 aliphatic carbocycles. The topological polar surface area (TPSA) is 129 Å². The first kappa shape index (κ1) is 20.3. The molecule has 0 bridgehead atoms. The van der Waals surface area contributed by atoms with Gasteiger partial charge in [0, 0.05) is 43.8 Å². The molecular weight excluding hydrogens is 440 g/mol. The van der Waals surface area contributed by atoms with Gasteiger partial charge in [0.15, 0.2) is 0 Å². The summed E-state index contributed by atoms with van der Waals surface area (Å²) in [7, 11) is 0. The van der Waals surface area contributed by atoms with Crippen LogP contribution in [-0.4, -0.2) is 67.3 Å². The van der Waals surface area contributed by atoms with E-state index in [0.717, 1.165) is 82.5 Å². The summed E-state index contributed by atoms with van der Waals surface area (Å²) in [6.07, 6.45) is 9.10. The molecule has 2 fully saturated rings. The number of nitrogens with one attached hydrogen (secondary N) is 2. The third-order valence-electron chi connectivity index (χ3n) is 6.96. The Morgan fingerprint density at radius 1 is 0.914 bits per heavy atom. The molecule has 2 aliphatic heterocycles. The highest BCUT2D eigenvalue weighted by Crippen LogP contribution is 2.33.